The van der Waals surface area contributed by atoms with Crippen molar-refractivity contribution in [1.82, 2.24) is 9.78 Å². The highest BCUT2D eigenvalue weighted by atomic mass is 16.5. The normalized spacial score (nSPS) is 12.4. The molecule has 1 aromatic carbocycles. The number of hydrogen-bond acceptors (Lipinski definition) is 3. The van der Waals surface area contributed by atoms with E-state index < -0.39 is 0 Å². The predicted molar refractivity (Wildman–Crippen MR) is 71.5 cm³/mol. The van der Waals surface area contributed by atoms with E-state index in [-0.39, 0.29) is 6.04 Å². The maximum atomic E-state index is 6.24. The van der Waals surface area contributed by atoms with Gasteiger partial charge in [0.25, 0.3) is 0 Å². The highest BCUT2D eigenvalue weighted by molar-refractivity contribution is 5.34. The fraction of sp³-hybridized carbons (Fsp3) is 0.357. The Labute approximate surface area is 107 Å². The largest absolute Gasteiger partial charge is 0.497 e. The van der Waals surface area contributed by atoms with Crippen molar-refractivity contribution in [3.05, 3.63) is 47.8 Å². The molecule has 0 saturated heterocycles. The molecule has 2 N–H and O–H groups in total. The number of aromatic nitrogens is 2. The number of hydrogen-bond donors (Lipinski definition) is 1. The first kappa shape index (κ1) is 12.6. The molecule has 0 aliphatic heterocycles. The van der Waals surface area contributed by atoms with E-state index in [2.05, 4.69) is 12.0 Å². The Balaban J connectivity index is 2.20. The fourth-order valence-corrected chi connectivity index (χ4v) is 1.92. The van der Waals surface area contributed by atoms with E-state index >= 15 is 0 Å². The van der Waals surface area contributed by atoms with E-state index in [0.29, 0.717) is 0 Å². The van der Waals surface area contributed by atoms with E-state index in [1.165, 1.54) is 0 Å². The molecule has 18 heavy (non-hydrogen) atoms. The molecule has 0 amide bonds. The van der Waals surface area contributed by atoms with Crippen LogP contribution in [0.15, 0.2) is 36.7 Å². The van der Waals surface area contributed by atoms with E-state index in [0.717, 1.165) is 29.8 Å². The number of rotatable bonds is 5. The van der Waals surface area contributed by atoms with Gasteiger partial charge in [0.2, 0.25) is 0 Å². The maximum Gasteiger partial charge on any atom is 0.119 e. The van der Waals surface area contributed by atoms with Crippen LogP contribution in [0, 0.1) is 0 Å². The summed E-state index contributed by atoms with van der Waals surface area (Å²) in [5.74, 6) is 0.823. The van der Waals surface area contributed by atoms with Gasteiger partial charge in [-0.3, -0.25) is 4.68 Å². The zero-order valence-electron chi connectivity index (χ0n) is 10.8. The van der Waals surface area contributed by atoms with Crippen molar-refractivity contribution < 1.29 is 4.74 Å². The minimum Gasteiger partial charge on any atom is -0.497 e. The van der Waals surface area contributed by atoms with E-state index in [1.54, 1.807) is 7.11 Å². The minimum atomic E-state index is -0.161. The van der Waals surface area contributed by atoms with Crippen molar-refractivity contribution in [2.24, 2.45) is 5.73 Å². The van der Waals surface area contributed by atoms with E-state index in [4.69, 9.17) is 10.5 Å². The Morgan fingerprint density at radius 3 is 2.94 bits per heavy atom. The lowest BCUT2D eigenvalue weighted by atomic mass is 10.0. The standard InChI is InChI=1S/C14H19N3O/c1-3-7-17-10-12(9-16-17)14(15)11-5-4-6-13(8-11)18-2/h4-6,8-10,14H,3,7,15H2,1-2H3. The summed E-state index contributed by atoms with van der Waals surface area (Å²) in [7, 11) is 1.66. The molecule has 2 aromatic rings. The van der Waals surface area contributed by atoms with Crippen LogP contribution in [0.4, 0.5) is 0 Å². The van der Waals surface area contributed by atoms with Gasteiger partial charge >= 0.3 is 0 Å². The molecule has 1 unspecified atom stereocenters. The van der Waals surface area contributed by atoms with Crippen LogP contribution in [0.1, 0.15) is 30.5 Å². The summed E-state index contributed by atoms with van der Waals surface area (Å²) in [6.07, 6.45) is 4.91. The molecule has 4 nitrogen and oxygen atoms in total. The van der Waals surface area contributed by atoms with Crippen molar-refractivity contribution in [2.45, 2.75) is 25.9 Å². The van der Waals surface area contributed by atoms with E-state index in [9.17, 15) is 0 Å². The molecule has 0 saturated carbocycles. The van der Waals surface area contributed by atoms with Crippen molar-refractivity contribution in [3.63, 3.8) is 0 Å². The van der Waals surface area contributed by atoms with Crippen LogP contribution >= 0.6 is 0 Å². The zero-order chi connectivity index (χ0) is 13.0. The van der Waals surface area contributed by atoms with Crippen molar-refractivity contribution in [3.8, 4) is 5.75 Å². The van der Waals surface area contributed by atoms with Gasteiger partial charge < -0.3 is 10.5 Å². The lowest BCUT2D eigenvalue weighted by Gasteiger charge is -2.11. The van der Waals surface area contributed by atoms with E-state index in [1.807, 2.05) is 41.3 Å². The first-order valence-corrected chi connectivity index (χ1v) is 6.16. The highest BCUT2D eigenvalue weighted by Gasteiger charge is 2.11. The molecule has 96 valence electrons. The van der Waals surface area contributed by atoms with Gasteiger partial charge in [-0.1, -0.05) is 19.1 Å². The molecule has 0 bridgehead atoms. The molecular weight excluding hydrogens is 226 g/mol. The number of nitrogens with two attached hydrogens (primary N) is 1. The van der Waals surface area contributed by atoms with Gasteiger partial charge in [0.1, 0.15) is 5.75 Å². The van der Waals surface area contributed by atoms with Gasteiger partial charge in [-0.2, -0.15) is 5.10 Å². The third kappa shape index (κ3) is 2.71. The van der Waals surface area contributed by atoms with Crippen LogP contribution in [-0.2, 0) is 6.54 Å². The molecule has 1 heterocycles. The van der Waals surface area contributed by atoms with Crippen LogP contribution in [0.25, 0.3) is 0 Å². The third-order valence-corrected chi connectivity index (χ3v) is 2.92. The van der Waals surface area contributed by atoms with Gasteiger partial charge in [-0.05, 0) is 24.1 Å². The summed E-state index contributed by atoms with van der Waals surface area (Å²) >= 11 is 0. The lowest BCUT2D eigenvalue weighted by Crippen LogP contribution is -2.11. The summed E-state index contributed by atoms with van der Waals surface area (Å²) < 4.78 is 7.13. The Kier molecular flexibility index (Phi) is 3.99. The molecule has 0 aliphatic carbocycles. The van der Waals surface area contributed by atoms with Crippen LogP contribution in [0.2, 0.25) is 0 Å². The van der Waals surface area contributed by atoms with Crippen molar-refractivity contribution in [2.75, 3.05) is 7.11 Å². The first-order chi connectivity index (χ1) is 8.74. The fourth-order valence-electron chi connectivity index (χ4n) is 1.92. The summed E-state index contributed by atoms with van der Waals surface area (Å²) in [4.78, 5) is 0. The molecule has 2 rings (SSSR count). The van der Waals surface area contributed by atoms with Crippen molar-refractivity contribution in [1.29, 1.82) is 0 Å². The topological polar surface area (TPSA) is 53.1 Å². The number of ether oxygens (including phenoxy) is 1. The predicted octanol–water partition coefficient (Wildman–Crippen LogP) is 2.35. The summed E-state index contributed by atoms with van der Waals surface area (Å²) in [6.45, 7) is 3.05. The Morgan fingerprint density at radius 1 is 1.39 bits per heavy atom. The van der Waals surface area contributed by atoms with Gasteiger partial charge in [-0.25, -0.2) is 0 Å². The second-order valence-electron chi connectivity index (χ2n) is 4.29. The zero-order valence-corrected chi connectivity index (χ0v) is 10.8. The molecule has 0 radical (unpaired) electrons. The van der Waals surface area contributed by atoms with Crippen LogP contribution in [-0.4, -0.2) is 16.9 Å². The summed E-state index contributed by atoms with van der Waals surface area (Å²) in [5, 5.41) is 4.30. The average Bonchev–Trinajstić information content (AvgIpc) is 2.87. The molecule has 0 aliphatic rings. The maximum absolute atomic E-state index is 6.24. The summed E-state index contributed by atoms with van der Waals surface area (Å²) in [5.41, 5.74) is 8.30. The van der Waals surface area contributed by atoms with Gasteiger partial charge in [0, 0.05) is 18.3 Å². The molecule has 4 heteroatoms. The average molecular weight is 245 g/mol. The Bertz CT molecular complexity index is 507. The second-order valence-corrected chi connectivity index (χ2v) is 4.29. The van der Waals surface area contributed by atoms with Gasteiger partial charge in [-0.15, -0.1) is 0 Å². The number of nitrogens with zero attached hydrogens (tertiary/aromatic N) is 2. The molecule has 0 spiro atoms. The Morgan fingerprint density at radius 2 is 2.22 bits per heavy atom. The summed E-state index contributed by atoms with van der Waals surface area (Å²) in [6, 6.07) is 7.67. The smallest absolute Gasteiger partial charge is 0.119 e. The van der Waals surface area contributed by atoms with Crippen LogP contribution in [0.5, 0.6) is 5.75 Å². The van der Waals surface area contributed by atoms with Crippen molar-refractivity contribution >= 4 is 0 Å². The third-order valence-electron chi connectivity index (χ3n) is 2.92. The highest BCUT2D eigenvalue weighted by Crippen LogP contribution is 2.22. The number of benzene rings is 1. The molecule has 0 fully saturated rings. The minimum absolute atomic E-state index is 0.161. The molecule has 1 aromatic heterocycles. The first-order valence-electron chi connectivity index (χ1n) is 6.16. The second kappa shape index (κ2) is 5.69. The Hall–Kier alpha value is -1.81. The van der Waals surface area contributed by atoms with Gasteiger partial charge in [0.15, 0.2) is 0 Å². The number of aryl methyl sites for hydroxylation is 1. The monoisotopic (exact) mass is 245 g/mol. The molecule has 1 atom stereocenters. The van der Waals surface area contributed by atoms with Crippen LogP contribution < -0.4 is 10.5 Å². The van der Waals surface area contributed by atoms with Gasteiger partial charge in [0.05, 0.1) is 19.3 Å². The quantitative estimate of drug-likeness (QED) is 0.879. The molecular formula is C14H19N3O. The lowest BCUT2D eigenvalue weighted by molar-refractivity contribution is 0.414. The number of methoxy groups -OCH3 is 1. The van der Waals surface area contributed by atoms with Crippen LogP contribution in [0.3, 0.4) is 0 Å². The SMILES string of the molecule is CCCn1cc(C(N)c2cccc(OC)c2)cn1.